The van der Waals surface area contributed by atoms with E-state index < -0.39 is 5.91 Å². The highest BCUT2D eigenvalue weighted by molar-refractivity contribution is 7.20. The van der Waals surface area contributed by atoms with Crippen molar-refractivity contribution in [3.63, 3.8) is 0 Å². The Morgan fingerprint density at radius 1 is 1.23 bits per heavy atom. The second-order valence-electron chi connectivity index (χ2n) is 6.73. The summed E-state index contributed by atoms with van der Waals surface area (Å²) in [5, 5.41) is 0.972. The predicted octanol–water partition coefficient (Wildman–Crippen LogP) is 3.99. The maximum absolute atomic E-state index is 12.2. The van der Waals surface area contributed by atoms with Crippen molar-refractivity contribution >= 4 is 33.7 Å². The van der Waals surface area contributed by atoms with E-state index in [0.717, 1.165) is 52.6 Å². The number of aldehydes is 1. The predicted molar refractivity (Wildman–Crippen MR) is 104 cm³/mol. The van der Waals surface area contributed by atoms with E-state index in [9.17, 15) is 9.59 Å². The molecule has 26 heavy (non-hydrogen) atoms. The van der Waals surface area contributed by atoms with Gasteiger partial charge in [0.1, 0.15) is 11.1 Å². The number of aryl methyl sites for hydroxylation is 2. The van der Waals surface area contributed by atoms with Crippen molar-refractivity contribution < 1.29 is 9.59 Å². The number of rotatable bonds is 5. The number of benzene rings is 1. The molecule has 0 fully saturated rings. The number of hydrogen-bond acceptors (Lipinski definition) is 4. The first-order chi connectivity index (χ1) is 12.7. The van der Waals surface area contributed by atoms with Crippen LogP contribution >= 0.6 is 11.3 Å². The summed E-state index contributed by atoms with van der Waals surface area (Å²) in [6, 6.07) is 12.0. The van der Waals surface area contributed by atoms with E-state index in [2.05, 4.69) is 6.07 Å². The fraction of sp³-hybridized carbons (Fsp3) is 0.286. The number of amides is 1. The van der Waals surface area contributed by atoms with Crippen LogP contribution in [0.2, 0.25) is 0 Å². The van der Waals surface area contributed by atoms with Crippen LogP contribution in [0.15, 0.2) is 36.4 Å². The first-order valence-corrected chi connectivity index (χ1v) is 9.74. The number of thiophene rings is 1. The Morgan fingerprint density at radius 3 is 2.73 bits per heavy atom. The zero-order valence-electron chi connectivity index (χ0n) is 14.4. The van der Waals surface area contributed by atoms with Gasteiger partial charge in [0.25, 0.3) is 5.91 Å². The standard InChI is InChI=1S/C21H20N2O2S/c22-20(25)19-18(15(10-11-24)13-6-2-1-3-7-13)16-12-14-8-4-5-9-17(14)23-21(16)26-19/h1-3,6-7,11-12,15H,4-5,8-10H2,(H2,22,25)/t15-/m1/s1. The van der Waals surface area contributed by atoms with E-state index in [1.54, 1.807) is 0 Å². The average molecular weight is 364 g/mol. The van der Waals surface area contributed by atoms with Crippen molar-refractivity contribution in [2.75, 3.05) is 0 Å². The molecule has 2 heterocycles. The molecule has 2 N–H and O–H groups in total. The van der Waals surface area contributed by atoms with E-state index >= 15 is 0 Å². The second kappa shape index (κ2) is 7.00. The molecule has 0 saturated heterocycles. The summed E-state index contributed by atoms with van der Waals surface area (Å²) in [6.07, 6.45) is 5.55. The number of nitrogens with zero attached hydrogens (tertiary/aromatic N) is 1. The van der Waals surface area contributed by atoms with Crippen LogP contribution in [0.1, 0.15) is 57.2 Å². The number of aromatic nitrogens is 1. The third-order valence-electron chi connectivity index (χ3n) is 5.11. The Labute approximate surface area is 156 Å². The molecule has 132 valence electrons. The van der Waals surface area contributed by atoms with Gasteiger partial charge in [-0.05, 0) is 48.4 Å². The molecule has 1 aliphatic carbocycles. The van der Waals surface area contributed by atoms with E-state index in [1.165, 1.54) is 23.3 Å². The molecule has 1 atom stereocenters. The summed E-state index contributed by atoms with van der Waals surface area (Å²) < 4.78 is 0. The molecule has 3 aromatic rings. The number of fused-ring (bicyclic) bond motifs is 2. The Hall–Kier alpha value is -2.53. The van der Waals surface area contributed by atoms with Gasteiger partial charge in [-0.2, -0.15) is 0 Å². The van der Waals surface area contributed by atoms with Crippen LogP contribution in [0.4, 0.5) is 0 Å². The smallest absolute Gasteiger partial charge is 0.259 e. The maximum Gasteiger partial charge on any atom is 0.259 e. The van der Waals surface area contributed by atoms with Crippen LogP contribution in [0.25, 0.3) is 10.2 Å². The van der Waals surface area contributed by atoms with Gasteiger partial charge in [-0.3, -0.25) is 4.79 Å². The van der Waals surface area contributed by atoms with Crippen LogP contribution < -0.4 is 5.73 Å². The Kier molecular flexibility index (Phi) is 4.55. The minimum Gasteiger partial charge on any atom is -0.365 e. The summed E-state index contributed by atoms with van der Waals surface area (Å²) >= 11 is 1.35. The SMILES string of the molecule is NC(=O)c1sc2nc3c(cc2c1[C@H](CC=O)c1ccccc1)CCCC3. The lowest BCUT2D eigenvalue weighted by molar-refractivity contribution is -0.108. The Morgan fingerprint density at radius 2 is 2.00 bits per heavy atom. The van der Waals surface area contributed by atoms with Crippen molar-refractivity contribution in [2.24, 2.45) is 5.73 Å². The first-order valence-electron chi connectivity index (χ1n) is 8.92. The number of nitrogens with two attached hydrogens (primary N) is 1. The van der Waals surface area contributed by atoms with Crippen LogP contribution in [-0.4, -0.2) is 17.2 Å². The molecule has 2 aromatic heterocycles. The highest BCUT2D eigenvalue weighted by Crippen LogP contribution is 2.41. The van der Waals surface area contributed by atoms with Crippen LogP contribution in [0, 0.1) is 0 Å². The minimum atomic E-state index is -0.451. The van der Waals surface area contributed by atoms with E-state index in [0.29, 0.717) is 11.3 Å². The molecule has 4 rings (SSSR count). The molecule has 1 aromatic carbocycles. The van der Waals surface area contributed by atoms with Gasteiger partial charge in [0.05, 0.1) is 4.88 Å². The molecule has 0 spiro atoms. The summed E-state index contributed by atoms with van der Waals surface area (Å²) in [5.74, 6) is -0.638. The quantitative estimate of drug-likeness (QED) is 0.696. The monoisotopic (exact) mass is 364 g/mol. The highest BCUT2D eigenvalue weighted by atomic mass is 32.1. The van der Waals surface area contributed by atoms with Crippen LogP contribution in [0.5, 0.6) is 0 Å². The van der Waals surface area contributed by atoms with Crippen LogP contribution in [-0.2, 0) is 17.6 Å². The van der Waals surface area contributed by atoms with Crippen LogP contribution in [0.3, 0.4) is 0 Å². The average Bonchev–Trinajstić information content (AvgIpc) is 3.03. The largest absolute Gasteiger partial charge is 0.365 e. The zero-order valence-corrected chi connectivity index (χ0v) is 15.2. The molecule has 0 bridgehead atoms. The second-order valence-corrected chi connectivity index (χ2v) is 7.73. The summed E-state index contributed by atoms with van der Waals surface area (Å²) in [5.41, 5.74) is 9.97. The van der Waals surface area contributed by atoms with Crippen molar-refractivity contribution in [3.05, 3.63) is 63.7 Å². The Balaban J connectivity index is 1.97. The molecule has 0 saturated carbocycles. The van der Waals surface area contributed by atoms with E-state index in [1.807, 2.05) is 30.3 Å². The third kappa shape index (κ3) is 2.92. The fourth-order valence-electron chi connectivity index (χ4n) is 3.89. The first kappa shape index (κ1) is 16.9. The number of carbonyl (C=O) groups is 2. The molecule has 1 amide bonds. The lowest BCUT2D eigenvalue weighted by Gasteiger charge is -2.18. The molecule has 1 aliphatic rings. The van der Waals surface area contributed by atoms with Gasteiger partial charge in [-0.1, -0.05) is 30.3 Å². The molecular weight excluding hydrogens is 344 g/mol. The number of hydrogen-bond donors (Lipinski definition) is 1. The van der Waals surface area contributed by atoms with Gasteiger partial charge in [0, 0.05) is 23.4 Å². The van der Waals surface area contributed by atoms with Gasteiger partial charge in [-0.25, -0.2) is 4.98 Å². The number of pyridine rings is 1. The van der Waals surface area contributed by atoms with Crippen molar-refractivity contribution in [1.29, 1.82) is 0 Å². The van der Waals surface area contributed by atoms with Gasteiger partial charge < -0.3 is 10.5 Å². The van der Waals surface area contributed by atoms with Crippen molar-refractivity contribution in [3.8, 4) is 0 Å². The number of primary amides is 1. The third-order valence-corrected chi connectivity index (χ3v) is 6.24. The normalized spacial score (nSPS) is 14.8. The molecule has 0 unspecified atom stereocenters. The molecule has 0 radical (unpaired) electrons. The lowest BCUT2D eigenvalue weighted by atomic mass is 9.86. The Bertz CT molecular complexity index is 979. The molecule has 0 aliphatic heterocycles. The van der Waals surface area contributed by atoms with Gasteiger partial charge in [0.15, 0.2) is 0 Å². The zero-order chi connectivity index (χ0) is 18.1. The minimum absolute atomic E-state index is 0.187. The number of carbonyl (C=O) groups excluding carboxylic acids is 2. The fourth-order valence-corrected chi connectivity index (χ4v) is 4.98. The molecule has 4 nitrogen and oxygen atoms in total. The highest BCUT2D eigenvalue weighted by Gasteiger charge is 2.27. The van der Waals surface area contributed by atoms with Gasteiger partial charge in [-0.15, -0.1) is 11.3 Å². The van der Waals surface area contributed by atoms with Gasteiger partial charge in [0.2, 0.25) is 0 Å². The summed E-state index contributed by atoms with van der Waals surface area (Å²) in [6.45, 7) is 0. The van der Waals surface area contributed by atoms with Crippen molar-refractivity contribution in [2.45, 2.75) is 38.0 Å². The lowest BCUT2D eigenvalue weighted by Crippen LogP contribution is -2.14. The molecular formula is C21H20N2O2S. The summed E-state index contributed by atoms with van der Waals surface area (Å²) in [4.78, 5) is 29.8. The summed E-state index contributed by atoms with van der Waals surface area (Å²) in [7, 11) is 0. The van der Waals surface area contributed by atoms with Gasteiger partial charge >= 0.3 is 0 Å². The maximum atomic E-state index is 12.2. The van der Waals surface area contributed by atoms with Crippen molar-refractivity contribution in [1.82, 2.24) is 4.98 Å². The topological polar surface area (TPSA) is 73.1 Å². The molecule has 5 heteroatoms. The van der Waals surface area contributed by atoms with E-state index in [-0.39, 0.29) is 5.92 Å². The van der Waals surface area contributed by atoms with E-state index in [4.69, 9.17) is 10.7 Å².